The van der Waals surface area contributed by atoms with Gasteiger partial charge in [-0.25, -0.2) is 14.5 Å². The molecule has 0 aliphatic carbocycles. The third-order valence-corrected chi connectivity index (χ3v) is 11.1. The van der Waals surface area contributed by atoms with Gasteiger partial charge in [0.1, 0.15) is 16.8 Å². The number of amides is 2. The van der Waals surface area contributed by atoms with Crippen LogP contribution in [0.3, 0.4) is 0 Å². The van der Waals surface area contributed by atoms with Crippen molar-refractivity contribution in [3.8, 4) is 11.1 Å². The van der Waals surface area contributed by atoms with Crippen LogP contribution in [0, 0.1) is 0 Å². The van der Waals surface area contributed by atoms with Crippen molar-refractivity contribution in [2.75, 3.05) is 32.4 Å². The molecular weight excluding hydrogens is 645 g/mol. The molecule has 2 amide bonds. The van der Waals surface area contributed by atoms with Crippen molar-refractivity contribution in [1.29, 1.82) is 0 Å². The fourth-order valence-electron chi connectivity index (χ4n) is 5.78. The van der Waals surface area contributed by atoms with Crippen LogP contribution >= 0.6 is 7.37 Å². The number of ether oxygens (including phenoxy) is 3. The monoisotopic (exact) mass is 701 g/mol. The lowest BCUT2D eigenvalue weighted by molar-refractivity contribution is -0.160. The maximum Gasteiger partial charge on any atom is 0.419 e. The molecule has 1 fully saturated rings. The van der Waals surface area contributed by atoms with Crippen molar-refractivity contribution < 1.29 is 37.7 Å². The first kappa shape index (κ1) is 40.2. The van der Waals surface area contributed by atoms with Gasteiger partial charge in [-0.3, -0.25) is 19.2 Å². The highest BCUT2D eigenvalue weighted by Crippen LogP contribution is 2.64. The number of hydrogen-bond acceptors (Lipinski definition) is 10. The summed E-state index contributed by atoms with van der Waals surface area (Å²) in [7, 11) is -3.59. The van der Waals surface area contributed by atoms with Crippen LogP contribution in [0.4, 0.5) is 9.59 Å². The summed E-state index contributed by atoms with van der Waals surface area (Å²) in [4.78, 5) is 47.9. The molecule has 1 aromatic carbocycles. The number of nitrogens with zero attached hydrogens (tertiary/aromatic N) is 3. The van der Waals surface area contributed by atoms with Crippen LogP contribution in [-0.4, -0.2) is 87.3 Å². The summed E-state index contributed by atoms with van der Waals surface area (Å²) in [5, 5.41) is -1.47. The highest BCUT2D eigenvalue weighted by Gasteiger charge is 2.59. The van der Waals surface area contributed by atoms with Gasteiger partial charge >= 0.3 is 18.2 Å². The van der Waals surface area contributed by atoms with Crippen molar-refractivity contribution in [2.45, 2.75) is 117 Å². The Balaban J connectivity index is 1.94. The first-order chi connectivity index (χ1) is 22.7. The molecule has 0 spiro atoms. The number of rotatable bonds is 11. The highest BCUT2D eigenvalue weighted by atomic mass is 31.2. The first-order valence-corrected chi connectivity index (χ1v) is 18.9. The number of esters is 1. The average molecular weight is 702 g/mol. The minimum absolute atomic E-state index is 0.0185. The summed E-state index contributed by atoms with van der Waals surface area (Å²) >= 11 is 0. The van der Waals surface area contributed by atoms with Crippen LogP contribution in [-0.2, 0) is 34.6 Å². The molecule has 49 heavy (non-hydrogen) atoms. The van der Waals surface area contributed by atoms with E-state index in [1.54, 1.807) is 75.4 Å². The highest BCUT2D eigenvalue weighted by molar-refractivity contribution is 7.62. The van der Waals surface area contributed by atoms with Crippen molar-refractivity contribution in [3.63, 3.8) is 0 Å². The number of unbranched alkanes of at least 4 members (excludes halogenated alkanes) is 1. The number of pyridine rings is 1. The molecule has 12 heteroatoms. The predicted molar refractivity (Wildman–Crippen MR) is 191 cm³/mol. The van der Waals surface area contributed by atoms with E-state index in [0.717, 1.165) is 21.6 Å². The van der Waals surface area contributed by atoms with Gasteiger partial charge < -0.3 is 18.7 Å². The molecule has 0 saturated carbocycles. The summed E-state index contributed by atoms with van der Waals surface area (Å²) < 4.78 is 37.9. The van der Waals surface area contributed by atoms with E-state index in [2.05, 4.69) is 16.0 Å². The Morgan fingerprint density at radius 1 is 0.878 bits per heavy atom. The first-order valence-electron chi connectivity index (χ1n) is 17.1. The molecule has 2 unspecified atom stereocenters. The molecule has 2 heterocycles. The molecule has 1 aliphatic rings. The van der Waals surface area contributed by atoms with Crippen LogP contribution in [0.15, 0.2) is 48.8 Å². The van der Waals surface area contributed by atoms with Gasteiger partial charge in [0.2, 0.25) is 7.37 Å². The van der Waals surface area contributed by atoms with Gasteiger partial charge in [0.25, 0.3) is 0 Å². The Morgan fingerprint density at radius 2 is 1.49 bits per heavy atom. The number of aromatic nitrogens is 1. The van der Waals surface area contributed by atoms with E-state index in [-0.39, 0.29) is 32.3 Å². The van der Waals surface area contributed by atoms with E-state index in [4.69, 9.17) is 18.7 Å². The molecule has 1 saturated heterocycles. The van der Waals surface area contributed by atoms with Gasteiger partial charge in [-0.1, -0.05) is 30.3 Å². The maximum absolute atomic E-state index is 14.8. The minimum Gasteiger partial charge on any atom is -0.459 e. The Morgan fingerprint density at radius 3 is 2.04 bits per heavy atom. The Hall–Kier alpha value is -3.27. The van der Waals surface area contributed by atoms with E-state index in [9.17, 15) is 18.9 Å². The molecule has 11 nitrogen and oxygen atoms in total. The van der Waals surface area contributed by atoms with Crippen molar-refractivity contribution in [2.24, 2.45) is 0 Å². The SMILES string of the molecule is CCOP1(=O)CCN(Cc2ccccc2-c2cccnc2)CC1(CCCCN(C(=O)OC(C)(C)C)C(=O)OC(C)(C)C)C(=O)OC(C)(C)C. The minimum atomic E-state index is -3.59. The summed E-state index contributed by atoms with van der Waals surface area (Å²) in [6.07, 6.45) is 2.91. The zero-order valence-electron chi connectivity index (χ0n) is 31.0. The van der Waals surface area contributed by atoms with Crippen LogP contribution in [0.25, 0.3) is 11.1 Å². The molecule has 2 atom stereocenters. The number of benzene rings is 1. The maximum atomic E-state index is 14.8. The standard InChI is InChI=1S/C37H56N3O8P/c1-11-45-49(44)24-23-39(26-29-17-12-13-19-30(29)28-18-16-21-38-25-28)27-37(49,31(41)46-34(2,3)4)20-14-15-22-40(32(42)47-35(5,6)7)33(43)48-36(8,9)10/h12-13,16-19,21,25H,11,14-15,20,22-24,26-27H2,1-10H3. The quantitative estimate of drug-likeness (QED) is 0.0978. The molecule has 0 radical (unpaired) electrons. The molecule has 1 aliphatic heterocycles. The summed E-state index contributed by atoms with van der Waals surface area (Å²) in [6, 6.07) is 12.0. The normalized spacial score (nSPS) is 20.4. The van der Waals surface area contributed by atoms with Crippen molar-refractivity contribution >= 4 is 25.5 Å². The average Bonchev–Trinajstić information content (AvgIpc) is 2.96. The number of hydrogen-bond donors (Lipinski definition) is 0. The van der Waals surface area contributed by atoms with Gasteiger partial charge in [-0.2, -0.15) is 0 Å². The van der Waals surface area contributed by atoms with Crippen molar-refractivity contribution in [3.05, 3.63) is 54.4 Å². The Labute approximate surface area is 292 Å². The molecule has 3 rings (SSSR count). The molecule has 0 bridgehead atoms. The fraction of sp³-hybridized carbons (Fsp3) is 0.622. The molecule has 2 aromatic rings. The van der Waals surface area contributed by atoms with Gasteiger partial charge in [0.15, 0.2) is 5.16 Å². The van der Waals surface area contributed by atoms with Crippen LogP contribution in [0.1, 0.15) is 94.1 Å². The van der Waals surface area contributed by atoms with Gasteiger partial charge in [-0.15, -0.1) is 0 Å². The van der Waals surface area contributed by atoms with E-state index >= 15 is 0 Å². The Kier molecular flexibility index (Phi) is 13.3. The van der Waals surface area contributed by atoms with Gasteiger partial charge in [0, 0.05) is 50.3 Å². The predicted octanol–water partition coefficient (Wildman–Crippen LogP) is 8.30. The third kappa shape index (κ3) is 11.4. The number of imide groups is 1. The molecular formula is C37H56N3O8P. The fourth-order valence-corrected chi connectivity index (χ4v) is 8.79. The van der Waals surface area contributed by atoms with Crippen LogP contribution in [0.2, 0.25) is 0 Å². The summed E-state index contributed by atoms with van der Waals surface area (Å²) in [5.74, 6) is -0.571. The van der Waals surface area contributed by atoms with Crippen molar-refractivity contribution in [1.82, 2.24) is 14.8 Å². The second-order valence-electron chi connectivity index (χ2n) is 15.5. The largest absolute Gasteiger partial charge is 0.459 e. The molecule has 0 N–H and O–H groups in total. The zero-order chi connectivity index (χ0) is 36.7. The number of carbonyl (C=O) groups excluding carboxylic acids is 3. The van der Waals surface area contributed by atoms with E-state index in [1.165, 1.54) is 0 Å². The lowest BCUT2D eigenvalue weighted by atomic mass is 9.97. The second kappa shape index (κ2) is 16.2. The number of carbonyl (C=O) groups is 3. The summed E-state index contributed by atoms with van der Waals surface area (Å²) in [6.45, 7) is 18.7. The third-order valence-electron chi connectivity index (χ3n) is 7.80. The smallest absolute Gasteiger partial charge is 0.419 e. The molecule has 272 valence electrons. The second-order valence-corrected chi connectivity index (χ2v) is 18.4. The Bertz CT molecular complexity index is 1450. The lowest BCUT2D eigenvalue weighted by Gasteiger charge is -2.46. The molecule has 1 aromatic heterocycles. The van der Waals surface area contributed by atoms with Crippen LogP contribution < -0.4 is 0 Å². The van der Waals surface area contributed by atoms with Gasteiger partial charge in [0.05, 0.1) is 6.61 Å². The lowest BCUT2D eigenvalue weighted by Crippen LogP contribution is -2.56. The topological polar surface area (TPSA) is 125 Å². The van der Waals surface area contributed by atoms with E-state index in [0.29, 0.717) is 25.9 Å². The van der Waals surface area contributed by atoms with Crippen LogP contribution in [0.5, 0.6) is 0 Å². The van der Waals surface area contributed by atoms with E-state index in [1.807, 2.05) is 36.5 Å². The van der Waals surface area contributed by atoms with Gasteiger partial charge in [-0.05, 0) is 106 Å². The van der Waals surface area contributed by atoms with E-state index < -0.39 is 47.5 Å². The summed E-state index contributed by atoms with van der Waals surface area (Å²) in [5.41, 5.74) is 0.564. The zero-order valence-corrected chi connectivity index (χ0v) is 31.9.